The molecule has 2 aromatic heterocycles. The van der Waals surface area contributed by atoms with Crippen molar-refractivity contribution in [2.75, 3.05) is 23.3 Å². The lowest BCUT2D eigenvalue weighted by molar-refractivity contribution is -0.141. The van der Waals surface area contributed by atoms with Crippen LogP contribution in [0.2, 0.25) is 0 Å². The van der Waals surface area contributed by atoms with Crippen molar-refractivity contribution in [2.24, 2.45) is 14.1 Å². The highest BCUT2D eigenvalue weighted by Gasteiger charge is 2.33. The van der Waals surface area contributed by atoms with Crippen LogP contribution < -0.4 is 21.5 Å². The maximum Gasteiger partial charge on any atom is 0.433 e. The molecule has 1 aliphatic rings. The highest BCUT2D eigenvalue weighted by Crippen LogP contribution is 2.28. The summed E-state index contributed by atoms with van der Waals surface area (Å²) in [5.41, 5.74) is -1.78. The number of hydrogen-bond acceptors (Lipinski definition) is 6. The van der Waals surface area contributed by atoms with Crippen molar-refractivity contribution < 1.29 is 13.2 Å². The van der Waals surface area contributed by atoms with Crippen LogP contribution in [0.5, 0.6) is 0 Å². The molecule has 2 aromatic rings. The Morgan fingerprint density at radius 3 is 2.37 bits per heavy atom. The first-order valence-electron chi connectivity index (χ1n) is 8.34. The van der Waals surface area contributed by atoms with Crippen LogP contribution in [-0.2, 0) is 20.3 Å². The number of anilines is 2. The molecule has 1 saturated heterocycles. The van der Waals surface area contributed by atoms with Crippen LogP contribution >= 0.6 is 0 Å². The minimum Gasteiger partial charge on any atom is -0.367 e. The van der Waals surface area contributed by atoms with E-state index in [-0.39, 0.29) is 17.4 Å². The van der Waals surface area contributed by atoms with Crippen molar-refractivity contribution in [3.63, 3.8) is 0 Å². The van der Waals surface area contributed by atoms with Gasteiger partial charge in [-0.3, -0.25) is 13.9 Å². The number of hydrogen-bond donors (Lipinski definition) is 1. The van der Waals surface area contributed by atoms with E-state index in [2.05, 4.69) is 15.3 Å². The molecule has 0 spiro atoms. The summed E-state index contributed by atoms with van der Waals surface area (Å²) in [7, 11) is 3.02. The summed E-state index contributed by atoms with van der Waals surface area (Å²) >= 11 is 0. The fraction of sp³-hybridized carbons (Fsp3) is 0.500. The number of rotatable bonds is 3. The predicted molar refractivity (Wildman–Crippen MR) is 92.8 cm³/mol. The molecule has 0 aromatic carbocycles. The Hall–Kier alpha value is -2.85. The Morgan fingerprint density at radius 2 is 1.74 bits per heavy atom. The second kappa shape index (κ2) is 7.05. The third-order valence-corrected chi connectivity index (χ3v) is 4.63. The molecule has 0 radical (unpaired) electrons. The number of aromatic nitrogens is 4. The summed E-state index contributed by atoms with van der Waals surface area (Å²) < 4.78 is 40.7. The van der Waals surface area contributed by atoms with Crippen LogP contribution in [0.1, 0.15) is 18.5 Å². The molecule has 0 atom stereocenters. The third-order valence-electron chi connectivity index (χ3n) is 4.63. The van der Waals surface area contributed by atoms with Gasteiger partial charge in [0.05, 0.1) is 0 Å². The van der Waals surface area contributed by atoms with Crippen LogP contribution in [0.15, 0.2) is 28.0 Å². The Labute approximate surface area is 152 Å². The van der Waals surface area contributed by atoms with Gasteiger partial charge in [0, 0.05) is 45.4 Å². The van der Waals surface area contributed by atoms with Crippen LogP contribution in [0.25, 0.3) is 0 Å². The molecular formula is C16H19F3N6O2. The third kappa shape index (κ3) is 3.96. The molecule has 1 fully saturated rings. The van der Waals surface area contributed by atoms with E-state index in [1.165, 1.54) is 17.7 Å². The van der Waals surface area contributed by atoms with Crippen LogP contribution in [0, 0.1) is 0 Å². The van der Waals surface area contributed by atoms with E-state index in [4.69, 9.17) is 0 Å². The van der Waals surface area contributed by atoms with E-state index in [1.54, 1.807) is 7.05 Å². The lowest BCUT2D eigenvalue weighted by Gasteiger charge is -2.34. The van der Waals surface area contributed by atoms with Crippen LogP contribution in [-0.4, -0.2) is 38.2 Å². The lowest BCUT2D eigenvalue weighted by atomic mass is 10.0. The average molecular weight is 384 g/mol. The van der Waals surface area contributed by atoms with Gasteiger partial charge in [-0.15, -0.1) is 0 Å². The van der Waals surface area contributed by atoms with Crippen molar-refractivity contribution >= 4 is 11.6 Å². The summed E-state index contributed by atoms with van der Waals surface area (Å²) in [5, 5.41) is 3.00. The first kappa shape index (κ1) is 18.9. The van der Waals surface area contributed by atoms with Gasteiger partial charge in [0.2, 0.25) is 0 Å². The number of piperidine rings is 1. The summed E-state index contributed by atoms with van der Waals surface area (Å²) in [6.45, 7) is 1.10. The molecule has 11 heteroatoms. The van der Waals surface area contributed by atoms with Gasteiger partial charge in [-0.1, -0.05) is 0 Å². The maximum absolute atomic E-state index is 12.7. The van der Waals surface area contributed by atoms with E-state index in [0.29, 0.717) is 31.7 Å². The molecule has 0 aliphatic carbocycles. The van der Waals surface area contributed by atoms with Crippen molar-refractivity contribution in [3.05, 3.63) is 45.0 Å². The van der Waals surface area contributed by atoms with Crippen molar-refractivity contribution in [1.82, 2.24) is 19.1 Å². The Morgan fingerprint density at radius 1 is 1.07 bits per heavy atom. The van der Waals surface area contributed by atoms with Gasteiger partial charge in [-0.25, -0.2) is 14.8 Å². The SMILES string of the molecule is Cn1c(N2CCC(Nc3cc(C(F)(F)F)ncn3)CC2)cc(=O)n(C)c1=O. The van der Waals surface area contributed by atoms with Gasteiger partial charge in [0.1, 0.15) is 23.7 Å². The highest BCUT2D eigenvalue weighted by atomic mass is 19.4. The number of nitrogens with zero attached hydrogens (tertiary/aromatic N) is 5. The maximum atomic E-state index is 12.7. The van der Waals surface area contributed by atoms with E-state index in [1.807, 2.05) is 4.90 Å². The molecule has 27 heavy (non-hydrogen) atoms. The molecule has 146 valence electrons. The number of alkyl halides is 3. The van der Waals surface area contributed by atoms with E-state index in [0.717, 1.165) is 17.0 Å². The molecule has 1 aliphatic heterocycles. The predicted octanol–water partition coefficient (Wildman–Crippen LogP) is 0.974. The normalized spacial score (nSPS) is 15.8. The molecule has 3 rings (SSSR count). The van der Waals surface area contributed by atoms with Crippen LogP contribution in [0.4, 0.5) is 24.8 Å². The summed E-state index contributed by atoms with van der Waals surface area (Å²) in [6.07, 6.45) is -2.40. The van der Waals surface area contributed by atoms with E-state index >= 15 is 0 Å². The fourth-order valence-electron chi connectivity index (χ4n) is 3.08. The van der Waals surface area contributed by atoms with Gasteiger partial charge < -0.3 is 10.2 Å². The monoisotopic (exact) mass is 384 g/mol. The average Bonchev–Trinajstić information content (AvgIpc) is 2.63. The van der Waals surface area contributed by atoms with Gasteiger partial charge in [-0.05, 0) is 12.8 Å². The number of nitrogens with one attached hydrogen (secondary N) is 1. The number of halogens is 3. The molecule has 3 heterocycles. The summed E-state index contributed by atoms with van der Waals surface area (Å²) in [6, 6.07) is 2.23. The van der Waals surface area contributed by atoms with Crippen molar-refractivity contribution in [1.29, 1.82) is 0 Å². The Bertz CT molecular complexity index is 944. The second-order valence-corrected chi connectivity index (χ2v) is 6.43. The Balaban J connectivity index is 1.68. The summed E-state index contributed by atoms with van der Waals surface area (Å²) in [5.74, 6) is 0.652. The minimum absolute atomic E-state index is 0.0687. The zero-order chi connectivity index (χ0) is 19.8. The van der Waals surface area contributed by atoms with E-state index < -0.39 is 17.6 Å². The van der Waals surface area contributed by atoms with Gasteiger partial charge in [0.25, 0.3) is 5.56 Å². The first-order valence-corrected chi connectivity index (χ1v) is 8.34. The molecule has 1 N–H and O–H groups in total. The van der Waals surface area contributed by atoms with Gasteiger partial charge in [-0.2, -0.15) is 13.2 Å². The lowest BCUT2D eigenvalue weighted by Crippen LogP contribution is -2.44. The zero-order valence-electron chi connectivity index (χ0n) is 14.8. The molecule has 0 bridgehead atoms. The first-order chi connectivity index (χ1) is 12.7. The molecular weight excluding hydrogens is 365 g/mol. The molecule has 0 amide bonds. The largest absolute Gasteiger partial charge is 0.433 e. The van der Waals surface area contributed by atoms with Gasteiger partial charge >= 0.3 is 11.9 Å². The molecule has 0 unspecified atom stereocenters. The fourth-order valence-corrected chi connectivity index (χ4v) is 3.08. The smallest absolute Gasteiger partial charge is 0.367 e. The van der Waals surface area contributed by atoms with Crippen molar-refractivity contribution in [2.45, 2.75) is 25.1 Å². The summed E-state index contributed by atoms with van der Waals surface area (Å²) in [4.78, 5) is 32.9. The Kier molecular flexibility index (Phi) is 4.94. The van der Waals surface area contributed by atoms with E-state index in [9.17, 15) is 22.8 Å². The quantitative estimate of drug-likeness (QED) is 0.849. The molecule has 8 nitrogen and oxygen atoms in total. The van der Waals surface area contributed by atoms with Crippen molar-refractivity contribution in [3.8, 4) is 0 Å². The highest BCUT2D eigenvalue weighted by molar-refractivity contribution is 5.41. The second-order valence-electron chi connectivity index (χ2n) is 6.43. The minimum atomic E-state index is -4.52. The van der Waals surface area contributed by atoms with Crippen LogP contribution in [0.3, 0.4) is 0 Å². The zero-order valence-corrected chi connectivity index (χ0v) is 14.8. The topological polar surface area (TPSA) is 85.1 Å². The molecule has 0 saturated carbocycles. The van der Waals surface area contributed by atoms with Gasteiger partial charge in [0.15, 0.2) is 0 Å². The standard InChI is InChI=1S/C16H19F3N6O2/c1-23-13(8-14(26)24(2)15(23)27)25-5-3-10(4-6-25)22-12-7-11(16(17,18)19)20-9-21-12/h7-10H,3-6H2,1-2H3,(H,20,21,22).